The summed E-state index contributed by atoms with van der Waals surface area (Å²) >= 11 is 0. The maximum atomic E-state index is 12.7. The van der Waals surface area contributed by atoms with Gasteiger partial charge in [-0.15, -0.1) is 0 Å². The van der Waals surface area contributed by atoms with E-state index < -0.39 is 5.97 Å². The first-order chi connectivity index (χ1) is 12.8. The molecule has 1 aromatic heterocycles. The molecule has 0 radical (unpaired) electrons. The van der Waals surface area contributed by atoms with E-state index in [1.165, 1.54) is 0 Å². The van der Waals surface area contributed by atoms with Crippen LogP contribution in [0, 0.1) is 18.8 Å². The van der Waals surface area contributed by atoms with Gasteiger partial charge in [-0.3, -0.25) is 4.79 Å². The Balaban J connectivity index is 2.14. The number of hydrogen-bond donors (Lipinski definition) is 2. The number of aryl methyl sites for hydroxylation is 1. The summed E-state index contributed by atoms with van der Waals surface area (Å²) in [7, 11) is 1.72. The van der Waals surface area contributed by atoms with Gasteiger partial charge in [0.15, 0.2) is 0 Å². The van der Waals surface area contributed by atoms with Crippen LogP contribution in [0.1, 0.15) is 57.4 Å². The molecule has 1 amide bonds. The number of hydrogen-bond acceptors (Lipinski definition) is 4. The van der Waals surface area contributed by atoms with E-state index in [4.69, 9.17) is 4.74 Å². The molecule has 3 rings (SSSR count). The second-order valence-electron chi connectivity index (χ2n) is 6.59. The van der Waals surface area contributed by atoms with Crippen molar-refractivity contribution in [1.29, 1.82) is 0 Å². The Hall–Kier alpha value is -3.20. The summed E-state index contributed by atoms with van der Waals surface area (Å²) in [5, 5.41) is 9.63. The van der Waals surface area contributed by atoms with Gasteiger partial charge in [0, 0.05) is 29.9 Å². The molecule has 6 nitrogen and oxygen atoms in total. The Labute approximate surface area is 158 Å². The zero-order valence-electron chi connectivity index (χ0n) is 15.8. The molecule has 2 N–H and O–H groups in total. The number of H-pyrrole nitrogens is 1. The molecule has 0 fully saturated rings. The van der Waals surface area contributed by atoms with Crippen LogP contribution in [0.2, 0.25) is 0 Å². The lowest BCUT2D eigenvalue weighted by molar-refractivity contribution is 0.0523. The molecule has 27 heavy (non-hydrogen) atoms. The van der Waals surface area contributed by atoms with E-state index in [0.29, 0.717) is 28.1 Å². The number of ether oxygens (including phenoxy) is 1. The van der Waals surface area contributed by atoms with Crippen LogP contribution in [0.25, 0.3) is 0 Å². The topological polar surface area (TPSA) is 82.6 Å². The molecular formula is C21H22N2O4. The molecule has 0 saturated carbocycles. The average Bonchev–Trinajstić information content (AvgIpc) is 2.97. The quantitative estimate of drug-likeness (QED) is 0.632. The molecule has 1 aliphatic rings. The number of carbonyl (C=O) groups excluding carboxylic acids is 2. The third-order valence-electron chi connectivity index (χ3n) is 4.86. The van der Waals surface area contributed by atoms with Gasteiger partial charge in [-0.25, -0.2) is 4.79 Å². The van der Waals surface area contributed by atoms with Crippen molar-refractivity contribution >= 4 is 11.9 Å². The number of amides is 1. The molecular weight excluding hydrogens is 344 g/mol. The summed E-state index contributed by atoms with van der Waals surface area (Å²) in [5.74, 6) is 5.38. The molecule has 140 valence electrons. The van der Waals surface area contributed by atoms with Crippen LogP contribution in [0.4, 0.5) is 0 Å². The van der Waals surface area contributed by atoms with E-state index in [9.17, 15) is 14.7 Å². The molecule has 0 aliphatic carbocycles. The molecule has 1 aliphatic heterocycles. The highest BCUT2D eigenvalue weighted by Crippen LogP contribution is 2.36. The number of aromatic amines is 1. The Kier molecular flexibility index (Phi) is 4.95. The number of aromatic nitrogens is 1. The van der Waals surface area contributed by atoms with Crippen molar-refractivity contribution in [3.63, 3.8) is 0 Å². The normalized spacial score (nSPS) is 18.5. The Morgan fingerprint density at radius 3 is 2.81 bits per heavy atom. The van der Waals surface area contributed by atoms with E-state index in [1.54, 1.807) is 50.1 Å². The van der Waals surface area contributed by atoms with E-state index >= 15 is 0 Å². The standard InChI is InChI=1S/C21H22N2O4/c1-5-27-21(26)17-12(2)22-19-18(17)16(13(3)23(4)20(19)25)10-9-14-7-6-8-15(24)11-14/h6-8,11,13,16,22,24H,5H2,1-4H3. The number of likely N-dealkylation sites (N-methyl/N-ethyl adjacent to an activating group) is 1. The zero-order chi connectivity index (χ0) is 19.7. The van der Waals surface area contributed by atoms with Gasteiger partial charge >= 0.3 is 5.97 Å². The molecule has 2 unspecified atom stereocenters. The fraction of sp³-hybridized carbons (Fsp3) is 0.333. The second kappa shape index (κ2) is 7.20. The highest BCUT2D eigenvalue weighted by Gasteiger charge is 2.40. The Morgan fingerprint density at radius 1 is 1.41 bits per heavy atom. The van der Waals surface area contributed by atoms with Crippen molar-refractivity contribution < 1.29 is 19.4 Å². The van der Waals surface area contributed by atoms with E-state index in [-0.39, 0.29) is 30.2 Å². The number of phenolic OH excluding ortho intramolecular Hbond substituents is 1. The van der Waals surface area contributed by atoms with Gasteiger partial charge in [-0.1, -0.05) is 17.9 Å². The summed E-state index contributed by atoms with van der Waals surface area (Å²) in [6.45, 7) is 5.65. The number of aromatic hydroxyl groups is 1. The predicted molar refractivity (Wildman–Crippen MR) is 101 cm³/mol. The summed E-state index contributed by atoms with van der Waals surface area (Å²) in [6, 6.07) is 6.44. The number of esters is 1. The third-order valence-corrected chi connectivity index (χ3v) is 4.86. The highest BCUT2D eigenvalue weighted by molar-refractivity contribution is 6.02. The lowest BCUT2D eigenvalue weighted by Gasteiger charge is -2.34. The van der Waals surface area contributed by atoms with Crippen molar-refractivity contribution in [2.75, 3.05) is 13.7 Å². The van der Waals surface area contributed by atoms with Crippen molar-refractivity contribution in [3.05, 3.63) is 52.3 Å². The van der Waals surface area contributed by atoms with E-state index in [1.807, 2.05) is 6.92 Å². The van der Waals surface area contributed by atoms with Gasteiger partial charge in [0.2, 0.25) is 0 Å². The molecule has 0 spiro atoms. The molecule has 2 heterocycles. The summed E-state index contributed by atoms with van der Waals surface area (Å²) in [5.41, 5.74) is 2.61. The van der Waals surface area contributed by atoms with Gasteiger partial charge < -0.3 is 19.7 Å². The molecule has 1 aromatic carbocycles. The lowest BCUT2D eigenvalue weighted by atomic mass is 9.85. The first kappa shape index (κ1) is 18.6. The van der Waals surface area contributed by atoms with Crippen molar-refractivity contribution in [2.24, 2.45) is 0 Å². The number of phenols is 1. The predicted octanol–water partition coefficient (Wildman–Crippen LogP) is 2.81. The maximum Gasteiger partial charge on any atom is 0.340 e. The monoisotopic (exact) mass is 366 g/mol. The molecule has 0 bridgehead atoms. The van der Waals surface area contributed by atoms with Gasteiger partial charge in [0.25, 0.3) is 5.91 Å². The maximum absolute atomic E-state index is 12.7. The fourth-order valence-corrected chi connectivity index (χ4v) is 3.35. The van der Waals surface area contributed by atoms with E-state index in [2.05, 4.69) is 16.8 Å². The average molecular weight is 366 g/mol. The van der Waals surface area contributed by atoms with Crippen LogP contribution in [-0.4, -0.2) is 46.6 Å². The largest absolute Gasteiger partial charge is 0.508 e. The van der Waals surface area contributed by atoms with Gasteiger partial charge in [-0.2, -0.15) is 0 Å². The van der Waals surface area contributed by atoms with Crippen molar-refractivity contribution in [1.82, 2.24) is 9.88 Å². The van der Waals surface area contributed by atoms with Crippen molar-refractivity contribution in [3.8, 4) is 17.6 Å². The Morgan fingerprint density at radius 2 is 2.15 bits per heavy atom. The van der Waals surface area contributed by atoms with Gasteiger partial charge in [0.05, 0.1) is 18.1 Å². The summed E-state index contributed by atoms with van der Waals surface area (Å²) < 4.78 is 5.19. The minimum atomic E-state index is -0.457. The summed E-state index contributed by atoms with van der Waals surface area (Å²) in [6.07, 6.45) is 0. The number of fused-ring (bicyclic) bond motifs is 1. The van der Waals surface area contributed by atoms with Crippen LogP contribution < -0.4 is 0 Å². The molecule has 0 saturated heterocycles. The first-order valence-corrected chi connectivity index (χ1v) is 8.82. The number of benzene rings is 1. The number of nitrogens with one attached hydrogen (secondary N) is 1. The van der Waals surface area contributed by atoms with Gasteiger partial charge in [-0.05, 0) is 39.0 Å². The smallest absolute Gasteiger partial charge is 0.340 e. The molecule has 2 aromatic rings. The van der Waals surface area contributed by atoms with Crippen LogP contribution in [-0.2, 0) is 4.74 Å². The molecule has 6 heteroatoms. The van der Waals surface area contributed by atoms with Crippen LogP contribution >= 0.6 is 0 Å². The zero-order valence-corrected chi connectivity index (χ0v) is 15.8. The SMILES string of the molecule is CCOC(=O)c1c(C)[nH]c2c1C(C#Cc1cccc(O)c1)C(C)N(C)C2=O. The van der Waals surface area contributed by atoms with Crippen molar-refractivity contribution in [2.45, 2.75) is 32.7 Å². The number of nitrogens with zero attached hydrogens (tertiary/aromatic N) is 1. The number of rotatable bonds is 2. The van der Waals surface area contributed by atoms with Gasteiger partial charge in [0.1, 0.15) is 11.4 Å². The second-order valence-corrected chi connectivity index (χ2v) is 6.59. The third kappa shape index (κ3) is 3.28. The minimum absolute atomic E-state index is 0.135. The summed E-state index contributed by atoms with van der Waals surface area (Å²) in [4.78, 5) is 29.9. The lowest BCUT2D eigenvalue weighted by Crippen LogP contribution is -2.44. The minimum Gasteiger partial charge on any atom is -0.508 e. The number of carbonyl (C=O) groups is 2. The highest BCUT2D eigenvalue weighted by atomic mass is 16.5. The van der Waals surface area contributed by atoms with Crippen LogP contribution in [0.3, 0.4) is 0 Å². The first-order valence-electron chi connectivity index (χ1n) is 8.82. The van der Waals surface area contributed by atoms with E-state index in [0.717, 1.165) is 0 Å². The molecule has 2 atom stereocenters. The Bertz CT molecular complexity index is 964. The fourth-order valence-electron chi connectivity index (χ4n) is 3.35. The van der Waals surface area contributed by atoms with Crippen LogP contribution in [0.15, 0.2) is 24.3 Å². The van der Waals surface area contributed by atoms with Crippen LogP contribution in [0.5, 0.6) is 5.75 Å².